The van der Waals surface area contributed by atoms with E-state index in [2.05, 4.69) is 0 Å². The molecular formula is C14H17BO3. The molecule has 4 heteroatoms. The Labute approximate surface area is 108 Å². The zero-order valence-corrected chi connectivity index (χ0v) is 10.6. The molecule has 0 fully saturated rings. The highest BCUT2D eigenvalue weighted by molar-refractivity contribution is 6.58. The SMILES string of the molecule is CC.OB(O)c1ccc(Oc2ccccc2)cc1. The van der Waals surface area contributed by atoms with Crippen LogP contribution in [0.25, 0.3) is 0 Å². The van der Waals surface area contributed by atoms with E-state index >= 15 is 0 Å². The highest BCUT2D eigenvalue weighted by Gasteiger charge is 2.09. The summed E-state index contributed by atoms with van der Waals surface area (Å²) in [6, 6.07) is 16.0. The van der Waals surface area contributed by atoms with Crippen LogP contribution in [-0.2, 0) is 0 Å². The zero-order valence-electron chi connectivity index (χ0n) is 10.6. The first kappa shape index (κ1) is 14.3. The van der Waals surface area contributed by atoms with Crippen molar-refractivity contribution in [1.82, 2.24) is 0 Å². The van der Waals surface area contributed by atoms with E-state index in [-0.39, 0.29) is 0 Å². The molecule has 0 amide bonds. The third kappa shape index (κ3) is 4.24. The molecule has 2 N–H and O–H groups in total. The number of hydrogen-bond acceptors (Lipinski definition) is 3. The van der Waals surface area contributed by atoms with Crippen LogP contribution >= 0.6 is 0 Å². The largest absolute Gasteiger partial charge is 0.488 e. The number of para-hydroxylation sites is 1. The average Bonchev–Trinajstić information content (AvgIpc) is 2.43. The third-order valence-corrected chi connectivity index (χ3v) is 2.16. The average molecular weight is 244 g/mol. The standard InChI is InChI=1S/C12H11BO3.C2H6/c14-13(15)10-6-8-12(9-7-10)16-11-4-2-1-3-5-11;1-2/h1-9,14-15H;1-2H3. The van der Waals surface area contributed by atoms with Crippen LogP contribution < -0.4 is 10.2 Å². The van der Waals surface area contributed by atoms with Crippen molar-refractivity contribution in [3.8, 4) is 11.5 Å². The zero-order chi connectivity index (χ0) is 13.4. The Morgan fingerprint density at radius 3 is 1.78 bits per heavy atom. The molecule has 0 heterocycles. The van der Waals surface area contributed by atoms with Gasteiger partial charge in [-0.05, 0) is 29.7 Å². The molecule has 0 aliphatic carbocycles. The van der Waals surface area contributed by atoms with Gasteiger partial charge in [0.25, 0.3) is 0 Å². The topological polar surface area (TPSA) is 49.7 Å². The molecule has 0 radical (unpaired) electrons. The van der Waals surface area contributed by atoms with Crippen LogP contribution in [0.3, 0.4) is 0 Å². The number of ether oxygens (including phenoxy) is 1. The van der Waals surface area contributed by atoms with E-state index in [0.717, 1.165) is 5.75 Å². The second-order valence-electron chi connectivity index (χ2n) is 3.36. The molecule has 0 spiro atoms. The van der Waals surface area contributed by atoms with E-state index in [4.69, 9.17) is 14.8 Å². The van der Waals surface area contributed by atoms with Gasteiger partial charge in [-0.3, -0.25) is 0 Å². The fourth-order valence-electron chi connectivity index (χ4n) is 1.33. The lowest BCUT2D eigenvalue weighted by atomic mass is 9.80. The van der Waals surface area contributed by atoms with Crippen LogP contribution in [0.15, 0.2) is 54.6 Å². The Balaban J connectivity index is 0.000000771. The van der Waals surface area contributed by atoms with Crippen LogP contribution in [0.1, 0.15) is 13.8 Å². The van der Waals surface area contributed by atoms with Crippen molar-refractivity contribution in [2.45, 2.75) is 13.8 Å². The van der Waals surface area contributed by atoms with E-state index in [1.54, 1.807) is 24.3 Å². The molecule has 0 saturated carbocycles. The summed E-state index contributed by atoms with van der Waals surface area (Å²) >= 11 is 0. The minimum atomic E-state index is -1.44. The molecule has 2 aromatic rings. The second-order valence-corrected chi connectivity index (χ2v) is 3.36. The quantitative estimate of drug-likeness (QED) is 0.813. The summed E-state index contributed by atoms with van der Waals surface area (Å²) in [6.07, 6.45) is 0. The minimum Gasteiger partial charge on any atom is -0.457 e. The molecular weight excluding hydrogens is 227 g/mol. The first-order chi connectivity index (χ1) is 8.75. The van der Waals surface area contributed by atoms with Crippen LogP contribution in [0.5, 0.6) is 11.5 Å². The molecule has 0 bridgehead atoms. The van der Waals surface area contributed by atoms with Gasteiger partial charge in [0.05, 0.1) is 0 Å². The van der Waals surface area contributed by atoms with Crippen molar-refractivity contribution >= 4 is 12.6 Å². The lowest BCUT2D eigenvalue weighted by Gasteiger charge is -2.06. The van der Waals surface area contributed by atoms with Gasteiger partial charge in [-0.2, -0.15) is 0 Å². The predicted molar refractivity (Wildman–Crippen MR) is 74.1 cm³/mol. The molecule has 0 aliphatic rings. The van der Waals surface area contributed by atoms with Gasteiger partial charge in [-0.25, -0.2) is 0 Å². The normalized spacial score (nSPS) is 9.11. The van der Waals surface area contributed by atoms with E-state index < -0.39 is 7.12 Å². The van der Waals surface area contributed by atoms with Crippen molar-refractivity contribution in [2.24, 2.45) is 0 Å². The lowest BCUT2D eigenvalue weighted by Crippen LogP contribution is -2.29. The van der Waals surface area contributed by atoms with Gasteiger partial charge >= 0.3 is 7.12 Å². The van der Waals surface area contributed by atoms with Crippen molar-refractivity contribution < 1.29 is 14.8 Å². The monoisotopic (exact) mass is 244 g/mol. The Hall–Kier alpha value is -1.78. The molecule has 18 heavy (non-hydrogen) atoms. The molecule has 3 nitrogen and oxygen atoms in total. The summed E-state index contributed by atoms with van der Waals surface area (Å²) < 4.78 is 5.55. The number of rotatable bonds is 3. The fraction of sp³-hybridized carbons (Fsp3) is 0.143. The van der Waals surface area contributed by atoms with Crippen LogP contribution in [0, 0.1) is 0 Å². The van der Waals surface area contributed by atoms with Gasteiger partial charge in [0.15, 0.2) is 0 Å². The smallest absolute Gasteiger partial charge is 0.457 e. The van der Waals surface area contributed by atoms with Crippen molar-refractivity contribution in [3.63, 3.8) is 0 Å². The molecule has 94 valence electrons. The summed E-state index contributed by atoms with van der Waals surface area (Å²) in [5.74, 6) is 1.41. The maximum absolute atomic E-state index is 8.92. The van der Waals surface area contributed by atoms with Crippen molar-refractivity contribution in [2.75, 3.05) is 0 Å². The highest BCUT2D eigenvalue weighted by atomic mass is 16.5. The molecule has 0 atom stereocenters. The fourth-order valence-corrected chi connectivity index (χ4v) is 1.33. The molecule has 0 aromatic heterocycles. The van der Waals surface area contributed by atoms with E-state index in [0.29, 0.717) is 11.2 Å². The van der Waals surface area contributed by atoms with E-state index in [1.807, 2.05) is 44.2 Å². The predicted octanol–water partition coefficient (Wildman–Crippen LogP) is 2.18. The number of hydrogen-bond donors (Lipinski definition) is 2. The molecule has 0 saturated heterocycles. The van der Waals surface area contributed by atoms with Crippen molar-refractivity contribution in [1.29, 1.82) is 0 Å². The second kappa shape index (κ2) is 7.53. The molecule has 0 aliphatic heterocycles. The van der Waals surface area contributed by atoms with E-state index in [9.17, 15) is 0 Å². The molecule has 2 aromatic carbocycles. The maximum Gasteiger partial charge on any atom is 0.488 e. The van der Waals surface area contributed by atoms with Gasteiger partial charge in [0.2, 0.25) is 0 Å². The minimum absolute atomic E-state index is 0.445. The highest BCUT2D eigenvalue weighted by Crippen LogP contribution is 2.19. The Bertz CT molecular complexity index is 440. The Morgan fingerprint density at radius 2 is 1.28 bits per heavy atom. The lowest BCUT2D eigenvalue weighted by molar-refractivity contribution is 0.425. The molecule has 2 rings (SSSR count). The summed E-state index contributed by atoms with van der Waals surface area (Å²) in [5, 5.41) is 17.8. The Morgan fingerprint density at radius 1 is 0.778 bits per heavy atom. The van der Waals surface area contributed by atoms with Crippen LogP contribution in [0.2, 0.25) is 0 Å². The summed E-state index contributed by atoms with van der Waals surface area (Å²) in [6.45, 7) is 4.00. The van der Waals surface area contributed by atoms with Crippen molar-refractivity contribution in [3.05, 3.63) is 54.6 Å². The third-order valence-electron chi connectivity index (χ3n) is 2.16. The summed E-state index contributed by atoms with van der Waals surface area (Å²) in [7, 11) is -1.44. The van der Waals surface area contributed by atoms with Gasteiger partial charge in [0.1, 0.15) is 11.5 Å². The Kier molecular flexibility index (Phi) is 5.98. The van der Waals surface area contributed by atoms with Crippen LogP contribution in [0.4, 0.5) is 0 Å². The van der Waals surface area contributed by atoms with Gasteiger partial charge in [0, 0.05) is 0 Å². The van der Waals surface area contributed by atoms with Gasteiger partial charge in [-0.15, -0.1) is 0 Å². The van der Waals surface area contributed by atoms with E-state index in [1.165, 1.54) is 0 Å². The van der Waals surface area contributed by atoms with Gasteiger partial charge < -0.3 is 14.8 Å². The maximum atomic E-state index is 8.92. The molecule has 0 unspecified atom stereocenters. The first-order valence-electron chi connectivity index (χ1n) is 5.95. The summed E-state index contributed by atoms with van der Waals surface area (Å²) in [4.78, 5) is 0. The summed E-state index contributed by atoms with van der Waals surface area (Å²) in [5.41, 5.74) is 0.445. The van der Waals surface area contributed by atoms with Gasteiger partial charge in [-0.1, -0.05) is 44.2 Å². The number of benzene rings is 2. The van der Waals surface area contributed by atoms with Crippen LogP contribution in [-0.4, -0.2) is 17.2 Å². The first-order valence-corrected chi connectivity index (χ1v) is 5.95.